The van der Waals surface area contributed by atoms with Crippen LogP contribution in [0.15, 0.2) is 18.2 Å². The number of hydrogen-bond acceptors (Lipinski definition) is 3. The lowest BCUT2D eigenvalue weighted by atomic mass is 10.0. The Morgan fingerprint density at radius 2 is 2.20 bits per heavy atom. The molecule has 1 atom stereocenters. The van der Waals surface area contributed by atoms with Crippen LogP contribution in [0.2, 0.25) is 5.02 Å². The highest BCUT2D eigenvalue weighted by atomic mass is 35.5. The summed E-state index contributed by atoms with van der Waals surface area (Å²) in [6, 6.07) is 3.22. The summed E-state index contributed by atoms with van der Waals surface area (Å²) >= 11 is 7.10. The smallest absolute Gasteiger partial charge is 0.305 e. The first kappa shape index (κ1) is 16.8. The number of carbonyl (C=O) groups is 2. The van der Waals surface area contributed by atoms with Gasteiger partial charge in [0.2, 0.25) is 5.91 Å². The van der Waals surface area contributed by atoms with E-state index in [2.05, 4.69) is 5.32 Å². The fourth-order valence-electron chi connectivity index (χ4n) is 1.62. The van der Waals surface area contributed by atoms with Gasteiger partial charge in [-0.2, -0.15) is 11.8 Å². The van der Waals surface area contributed by atoms with Gasteiger partial charge in [-0.05, 0) is 24.0 Å². The molecule has 0 bridgehead atoms. The number of thioether (sulfide) groups is 1. The second-order valence-electron chi connectivity index (χ2n) is 4.13. The molecule has 0 radical (unpaired) electrons. The van der Waals surface area contributed by atoms with Crippen molar-refractivity contribution < 1.29 is 19.1 Å². The lowest BCUT2D eigenvalue weighted by Crippen LogP contribution is -2.30. The zero-order valence-corrected chi connectivity index (χ0v) is 12.4. The zero-order valence-electron chi connectivity index (χ0n) is 10.9. The highest BCUT2D eigenvalue weighted by Crippen LogP contribution is 2.22. The third-order valence-corrected chi connectivity index (χ3v) is 3.51. The van der Waals surface area contributed by atoms with E-state index in [0.29, 0.717) is 11.3 Å². The van der Waals surface area contributed by atoms with Crippen LogP contribution in [0.3, 0.4) is 0 Å². The standard InChI is InChI=1S/C13H15ClFNO3S/c1-20-5-4-12(17)16-11(7-13(18)19)8-2-3-9(14)10(15)6-8/h2-3,6,11H,4-5,7H2,1H3,(H,16,17)(H,18,19). The van der Waals surface area contributed by atoms with Gasteiger partial charge >= 0.3 is 5.97 Å². The summed E-state index contributed by atoms with van der Waals surface area (Å²) in [5.74, 6) is -1.34. The fourth-order valence-corrected chi connectivity index (χ4v) is 2.12. The first-order valence-electron chi connectivity index (χ1n) is 5.89. The quantitative estimate of drug-likeness (QED) is 0.811. The minimum absolute atomic E-state index is 0.0449. The molecule has 1 rings (SSSR count). The number of hydrogen-bond donors (Lipinski definition) is 2. The lowest BCUT2D eigenvalue weighted by molar-refractivity contribution is -0.137. The van der Waals surface area contributed by atoms with E-state index in [1.165, 1.54) is 23.9 Å². The molecule has 1 aromatic carbocycles. The van der Waals surface area contributed by atoms with Crippen molar-refractivity contribution >= 4 is 35.2 Å². The van der Waals surface area contributed by atoms with Gasteiger partial charge in [0.25, 0.3) is 0 Å². The van der Waals surface area contributed by atoms with E-state index in [-0.39, 0.29) is 23.8 Å². The maximum Gasteiger partial charge on any atom is 0.305 e. The van der Waals surface area contributed by atoms with E-state index in [1.807, 2.05) is 6.26 Å². The molecule has 0 saturated carbocycles. The molecule has 0 heterocycles. The molecule has 7 heteroatoms. The molecule has 20 heavy (non-hydrogen) atoms. The Morgan fingerprint density at radius 3 is 2.75 bits per heavy atom. The molecule has 1 unspecified atom stereocenters. The van der Waals surface area contributed by atoms with Crippen LogP contribution in [0.25, 0.3) is 0 Å². The molecule has 2 N–H and O–H groups in total. The van der Waals surface area contributed by atoms with Gasteiger partial charge in [0.15, 0.2) is 0 Å². The summed E-state index contributed by atoms with van der Waals surface area (Å²) in [6.07, 6.45) is 1.84. The largest absolute Gasteiger partial charge is 0.481 e. The van der Waals surface area contributed by atoms with Crippen molar-refractivity contribution in [3.05, 3.63) is 34.6 Å². The van der Waals surface area contributed by atoms with Crippen LogP contribution in [0.5, 0.6) is 0 Å². The summed E-state index contributed by atoms with van der Waals surface area (Å²) in [6.45, 7) is 0. The van der Waals surface area contributed by atoms with E-state index >= 15 is 0 Å². The predicted octanol–water partition coefficient (Wildman–Crippen LogP) is 2.86. The molecule has 0 aliphatic carbocycles. The second kappa shape index (κ2) is 8.11. The van der Waals surface area contributed by atoms with Gasteiger partial charge in [-0.3, -0.25) is 9.59 Å². The number of aliphatic carboxylic acids is 1. The normalized spacial score (nSPS) is 11.9. The van der Waals surface area contributed by atoms with E-state index in [1.54, 1.807) is 0 Å². The Bertz CT molecular complexity index is 499. The van der Waals surface area contributed by atoms with Crippen molar-refractivity contribution in [3.8, 4) is 0 Å². The van der Waals surface area contributed by atoms with Crippen molar-refractivity contribution in [1.29, 1.82) is 0 Å². The average molecular weight is 320 g/mol. The molecule has 0 fully saturated rings. The molecule has 0 aliphatic heterocycles. The van der Waals surface area contributed by atoms with Crippen LogP contribution in [0, 0.1) is 5.82 Å². The third-order valence-electron chi connectivity index (χ3n) is 2.59. The number of amides is 1. The van der Waals surface area contributed by atoms with Gasteiger partial charge in [-0.15, -0.1) is 0 Å². The molecular weight excluding hydrogens is 305 g/mol. The van der Waals surface area contributed by atoms with Crippen molar-refractivity contribution in [3.63, 3.8) is 0 Å². The summed E-state index contributed by atoms with van der Waals surface area (Å²) in [5, 5.41) is 11.4. The lowest BCUT2D eigenvalue weighted by Gasteiger charge is -2.17. The van der Waals surface area contributed by atoms with Crippen molar-refractivity contribution in [2.45, 2.75) is 18.9 Å². The highest BCUT2D eigenvalue weighted by Gasteiger charge is 2.19. The minimum atomic E-state index is -1.07. The Hall–Kier alpha value is -1.27. The minimum Gasteiger partial charge on any atom is -0.481 e. The van der Waals surface area contributed by atoms with Gasteiger partial charge in [-0.1, -0.05) is 17.7 Å². The maximum absolute atomic E-state index is 13.4. The number of carboxylic acids is 1. The first-order valence-corrected chi connectivity index (χ1v) is 7.66. The molecular formula is C13H15ClFNO3S. The number of nitrogens with one attached hydrogen (secondary N) is 1. The van der Waals surface area contributed by atoms with Gasteiger partial charge in [0.1, 0.15) is 5.82 Å². The van der Waals surface area contributed by atoms with Gasteiger partial charge in [0, 0.05) is 12.2 Å². The van der Waals surface area contributed by atoms with Crippen LogP contribution in [-0.2, 0) is 9.59 Å². The number of carbonyl (C=O) groups excluding carboxylic acids is 1. The number of halogens is 2. The van der Waals surface area contributed by atoms with E-state index in [4.69, 9.17) is 16.7 Å². The Balaban J connectivity index is 2.85. The van der Waals surface area contributed by atoms with Gasteiger partial charge in [0.05, 0.1) is 17.5 Å². The molecule has 1 amide bonds. The SMILES string of the molecule is CSCCC(=O)NC(CC(=O)O)c1ccc(Cl)c(F)c1. The van der Waals surface area contributed by atoms with E-state index < -0.39 is 17.8 Å². The topological polar surface area (TPSA) is 66.4 Å². The molecule has 4 nitrogen and oxygen atoms in total. The number of benzene rings is 1. The highest BCUT2D eigenvalue weighted by molar-refractivity contribution is 7.98. The molecule has 110 valence electrons. The number of rotatable bonds is 7. The molecule has 0 saturated heterocycles. The molecule has 1 aromatic rings. The second-order valence-corrected chi connectivity index (χ2v) is 5.53. The van der Waals surface area contributed by atoms with Crippen LogP contribution >= 0.6 is 23.4 Å². The van der Waals surface area contributed by atoms with Crippen LogP contribution in [-0.4, -0.2) is 29.0 Å². The summed E-state index contributed by atoms with van der Waals surface area (Å²) in [7, 11) is 0. The van der Waals surface area contributed by atoms with Gasteiger partial charge < -0.3 is 10.4 Å². The van der Waals surface area contributed by atoms with E-state index in [9.17, 15) is 14.0 Å². The third kappa shape index (κ3) is 5.38. The van der Waals surface area contributed by atoms with Crippen LogP contribution < -0.4 is 5.32 Å². The molecule has 0 aromatic heterocycles. The number of carboxylic acid groups (broad SMARTS) is 1. The van der Waals surface area contributed by atoms with Gasteiger partial charge in [-0.25, -0.2) is 4.39 Å². The Kier molecular flexibility index (Phi) is 6.81. The first-order chi connectivity index (χ1) is 9.43. The van der Waals surface area contributed by atoms with Crippen molar-refractivity contribution in [2.24, 2.45) is 0 Å². The molecule has 0 spiro atoms. The monoisotopic (exact) mass is 319 g/mol. The summed E-state index contributed by atoms with van der Waals surface area (Å²) in [5.41, 5.74) is 0.381. The summed E-state index contributed by atoms with van der Waals surface area (Å²) < 4.78 is 13.4. The van der Waals surface area contributed by atoms with Crippen molar-refractivity contribution in [1.82, 2.24) is 5.32 Å². The maximum atomic E-state index is 13.4. The predicted molar refractivity (Wildman–Crippen MR) is 77.5 cm³/mol. The van der Waals surface area contributed by atoms with E-state index in [0.717, 1.165) is 6.07 Å². The van der Waals surface area contributed by atoms with Crippen LogP contribution in [0.1, 0.15) is 24.4 Å². The average Bonchev–Trinajstić information content (AvgIpc) is 2.38. The molecule has 0 aliphatic rings. The van der Waals surface area contributed by atoms with Crippen molar-refractivity contribution in [2.75, 3.05) is 12.0 Å². The summed E-state index contributed by atoms with van der Waals surface area (Å²) in [4.78, 5) is 22.5. The Morgan fingerprint density at radius 1 is 1.50 bits per heavy atom. The van der Waals surface area contributed by atoms with Crippen LogP contribution in [0.4, 0.5) is 4.39 Å². The Labute approximate surface area is 125 Å². The zero-order chi connectivity index (χ0) is 15.1. The fraction of sp³-hybridized carbons (Fsp3) is 0.385.